The van der Waals surface area contributed by atoms with Crippen LogP contribution in [0.3, 0.4) is 0 Å². The molecule has 0 N–H and O–H groups in total. The fraction of sp³-hybridized carbons (Fsp3) is 0. The molecule has 0 aliphatic rings. The van der Waals surface area contributed by atoms with E-state index in [2.05, 4.69) is 176 Å². The van der Waals surface area contributed by atoms with Crippen LogP contribution in [0.1, 0.15) is 0 Å². The third kappa shape index (κ3) is 3.71. The summed E-state index contributed by atoms with van der Waals surface area (Å²) in [6.07, 6.45) is 0. The second kappa shape index (κ2) is 10.2. The Bertz CT molecular complexity index is 3430. The van der Waals surface area contributed by atoms with Crippen LogP contribution in [0.25, 0.3) is 100.0 Å². The third-order valence-corrected chi connectivity index (χ3v) is 10.5. The number of nitrogens with zero attached hydrogens (tertiary/aromatic N) is 7. The molecule has 12 rings (SSSR count). The number of hydrogen-bond donors (Lipinski definition) is 0. The van der Waals surface area contributed by atoms with Gasteiger partial charge in [0.25, 0.3) is 0 Å². The molecule has 7 heteroatoms. The van der Waals surface area contributed by atoms with Gasteiger partial charge < -0.3 is 0 Å². The third-order valence-electron chi connectivity index (χ3n) is 10.5. The Hall–Kier alpha value is -7.25. The first-order valence-corrected chi connectivity index (χ1v) is 17.5. The maximum atomic E-state index is 5.33. The number of para-hydroxylation sites is 6. The molecule has 0 amide bonds. The zero-order valence-corrected chi connectivity index (χ0v) is 27.7. The fourth-order valence-electron chi connectivity index (χ4n) is 8.24. The van der Waals surface area contributed by atoms with Gasteiger partial charge in [-0.2, -0.15) is 0 Å². The second-order valence-corrected chi connectivity index (χ2v) is 13.4. The highest BCUT2D eigenvalue weighted by atomic mass is 15.3. The van der Waals surface area contributed by atoms with Crippen molar-refractivity contribution in [3.05, 3.63) is 164 Å². The van der Waals surface area contributed by atoms with Crippen molar-refractivity contribution >= 4 is 77.1 Å². The highest BCUT2D eigenvalue weighted by molar-refractivity contribution is 5.99. The summed E-state index contributed by atoms with van der Waals surface area (Å²) in [5.41, 5.74) is 12.5. The maximum Gasteiger partial charge on any atom is 0.238 e. The summed E-state index contributed by atoms with van der Waals surface area (Å²) in [5.74, 6) is 1.35. The van der Waals surface area contributed by atoms with Crippen molar-refractivity contribution in [1.82, 2.24) is 32.9 Å². The topological polar surface area (TPSA) is 57.4 Å². The van der Waals surface area contributed by atoms with Gasteiger partial charge in [-0.1, -0.05) is 97.1 Å². The molecular weight excluding hydrogens is 639 g/mol. The molecule has 0 aliphatic heterocycles. The SMILES string of the molecule is c1ccc2cc(-c3nc(-n4c5ccccc5n5c6cc(-n7c8ccccc8n8c9ccccc9cc78)ccc6nc45)nc4ccccc34)ccc2c1. The van der Waals surface area contributed by atoms with Gasteiger partial charge in [-0.3, -0.25) is 13.4 Å². The summed E-state index contributed by atoms with van der Waals surface area (Å²) >= 11 is 0. The van der Waals surface area contributed by atoms with E-state index in [1.807, 2.05) is 6.07 Å². The van der Waals surface area contributed by atoms with Crippen molar-refractivity contribution in [2.45, 2.75) is 0 Å². The Labute approximate surface area is 295 Å². The van der Waals surface area contributed by atoms with Crippen LogP contribution in [0.5, 0.6) is 0 Å². The first-order chi connectivity index (χ1) is 25.8. The Kier molecular flexibility index (Phi) is 5.38. The molecule has 0 aliphatic carbocycles. The molecular formula is C45H27N7. The molecule has 0 unspecified atom stereocenters. The minimum atomic E-state index is 0.585. The van der Waals surface area contributed by atoms with E-state index >= 15 is 0 Å². The van der Waals surface area contributed by atoms with Crippen LogP contribution in [0.15, 0.2) is 164 Å². The minimum absolute atomic E-state index is 0.585. The van der Waals surface area contributed by atoms with Gasteiger partial charge in [-0.25, -0.2) is 19.5 Å². The van der Waals surface area contributed by atoms with Gasteiger partial charge in [0.1, 0.15) is 5.65 Å². The molecule has 7 aromatic carbocycles. The minimum Gasteiger partial charge on any atom is -0.294 e. The number of imidazole rings is 3. The first kappa shape index (κ1) is 27.6. The molecule has 12 aromatic rings. The van der Waals surface area contributed by atoms with Crippen molar-refractivity contribution in [1.29, 1.82) is 0 Å². The predicted molar refractivity (Wildman–Crippen MR) is 211 cm³/mol. The van der Waals surface area contributed by atoms with Crippen molar-refractivity contribution in [3.8, 4) is 22.9 Å². The summed E-state index contributed by atoms with van der Waals surface area (Å²) in [6.45, 7) is 0. The van der Waals surface area contributed by atoms with Crippen LogP contribution in [-0.4, -0.2) is 32.9 Å². The van der Waals surface area contributed by atoms with Gasteiger partial charge >= 0.3 is 0 Å². The lowest BCUT2D eigenvalue weighted by Gasteiger charge is -2.11. The molecule has 0 spiro atoms. The first-order valence-electron chi connectivity index (χ1n) is 17.5. The number of rotatable bonds is 3. The van der Waals surface area contributed by atoms with Crippen LogP contribution >= 0.6 is 0 Å². The summed E-state index contributed by atoms with van der Waals surface area (Å²) in [5, 5.41) is 4.60. The van der Waals surface area contributed by atoms with Gasteiger partial charge in [0.15, 0.2) is 0 Å². The summed E-state index contributed by atoms with van der Waals surface area (Å²) < 4.78 is 9.07. The molecule has 0 saturated carbocycles. The largest absolute Gasteiger partial charge is 0.294 e. The van der Waals surface area contributed by atoms with E-state index in [-0.39, 0.29) is 0 Å². The van der Waals surface area contributed by atoms with Gasteiger partial charge in [-0.05, 0) is 77.5 Å². The summed E-state index contributed by atoms with van der Waals surface area (Å²) in [7, 11) is 0. The lowest BCUT2D eigenvalue weighted by atomic mass is 10.0. The number of benzene rings is 7. The summed E-state index contributed by atoms with van der Waals surface area (Å²) in [4.78, 5) is 15.8. The molecule has 5 heterocycles. The molecule has 5 aromatic heterocycles. The maximum absolute atomic E-state index is 5.33. The molecule has 0 fully saturated rings. The van der Waals surface area contributed by atoms with Crippen molar-refractivity contribution in [2.75, 3.05) is 0 Å². The van der Waals surface area contributed by atoms with E-state index in [1.165, 1.54) is 27.2 Å². The second-order valence-electron chi connectivity index (χ2n) is 13.4. The normalized spacial score (nSPS) is 12.2. The average molecular weight is 666 g/mol. The summed E-state index contributed by atoms with van der Waals surface area (Å²) in [6, 6.07) is 57.7. The van der Waals surface area contributed by atoms with E-state index in [9.17, 15) is 0 Å². The van der Waals surface area contributed by atoms with Crippen LogP contribution in [0.4, 0.5) is 0 Å². The monoisotopic (exact) mass is 665 g/mol. The number of fused-ring (bicyclic) bond motifs is 12. The number of aromatic nitrogens is 7. The molecule has 0 atom stereocenters. The van der Waals surface area contributed by atoms with Crippen molar-refractivity contribution in [2.24, 2.45) is 0 Å². The molecule has 0 radical (unpaired) electrons. The average Bonchev–Trinajstić information content (AvgIpc) is 3.93. The number of hydrogen-bond acceptors (Lipinski definition) is 3. The van der Waals surface area contributed by atoms with E-state index < -0.39 is 0 Å². The van der Waals surface area contributed by atoms with Gasteiger partial charge in [0.2, 0.25) is 11.7 Å². The van der Waals surface area contributed by atoms with Crippen LogP contribution in [0, 0.1) is 0 Å². The van der Waals surface area contributed by atoms with E-state index in [1.54, 1.807) is 0 Å². The zero-order valence-electron chi connectivity index (χ0n) is 27.7. The lowest BCUT2D eigenvalue weighted by molar-refractivity contribution is 0.986. The van der Waals surface area contributed by atoms with Crippen molar-refractivity contribution in [3.63, 3.8) is 0 Å². The quantitative estimate of drug-likeness (QED) is 0.189. The van der Waals surface area contributed by atoms with E-state index in [0.29, 0.717) is 5.95 Å². The zero-order chi connectivity index (χ0) is 33.9. The van der Waals surface area contributed by atoms with Crippen LogP contribution in [-0.2, 0) is 0 Å². The lowest BCUT2D eigenvalue weighted by Crippen LogP contribution is -2.04. The van der Waals surface area contributed by atoms with Crippen molar-refractivity contribution < 1.29 is 0 Å². The molecule has 242 valence electrons. The van der Waals surface area contributed by atoms with Gasteiger partial charge in [0.05, 0.1) is 49.8 Å². The standard InChI is InChI=1S/C45H27N7/c1-2-12-29-25-31(22-21-28(29)11-1)43-33-14-4-5-15-34(33)46-44(48-43)52-40-20-10-9-19-39(40)51-41-27-32(23-24-35(41)47-45(51)52)49-37-17-7-8-18-38(37)50-36-16-6-3-13-30(36)26-42(49)50/h1-27H. The Morgan fingerprint density at radius 3 is 1.90 bits per heavy atom. The Morgan fingerprint density at radius 1 is 0.385 bits per heavy atom. The Morgan fingerprint density at radius 2 is 1.06 bits per heavy atom. The molecule has 0 bridgehead atoms. The molecule has 52 heavy (non-hydrogen) atoms. The highest BCUT2D eigenvalue weighted by Crippen LogP contribution is 2.35. The van der Waals surface area contributed by atoms with Gasteiger partial charge in [-0.15, -0.1) is 0 Å². The van der Waals surface area contributed by atoms with Gasteiger partial charge in [0, 0.05) is 22.0 Å². The van der Waals surface area contributed by atoms with Crippen LogP contribution < -0.4 is 0 Å². The van der Waals surface area contributed by atoms with Crippen LogP contribution in [0.2, 0.25) is 0 Å². The van der Waals surface area contributed by atoms with E-state index in [4.69, 9.17) is 15.0 Å². The smallest absolute Gasteiger partial charge is 0.238 e. The highest BCUT2D eigenvalue weighted by Gasteiger charge is 2.22. The Balaban J connectivity index is 1.13. The predicted octanol–water partition coefficient (Wildman–Crippen LogP) is 10.5. The fourth-order valence-corrected chi connectivity index (χ4v) is 8.24. The molecule has 0 saturated heterocycles. The molecule has 7 nitrogen and oxygen atoms in total. The van der Waals surface area contributed by atoms with E-state index in [0.717, 1.165) is 66.9 Å².